The van der Waals surface area contributed by atoms with Crippen LogP contribution in [-0.2, 0) is 0 Å². The van der Waals surface area contributed by atoms with E-state index in [0.29, 0.717) is 5.19 Å². The van der Waals surface area contributed by atoms with Crippen molar-refractivity contribution in [1.82, 2.24) is 14.3 Å². The molecule has 5 nitrogen and oxygen atoms in total. The van der Waals surface area contributed by atoms with E-state index in [4.69, 9.17) is 9.73 Å². The first-order valence-electron chi connectivity index (χ1n) is 10.6. The monoisotopic (exact) mass is 420 g/mol. The summed E-state index contributed by atoms with van der Waals surface area (Å²) in [7, 11) is 0. The lowest BCUT2D eigenvalue weighted by molar-refractivity contribution is 0.351. The number of aryl methyl sites for hydroxylation is 2. The first-order valence-corrected chi connectivity index (χ1v) is 11.3. The molecule has 1 unspecified atom stereocenters. The second kappa shape index (κ2) is 9.39. The summed E-state index contributed by atoms with van der Waals surface area (Å²) < 4.78 is 10.6. The van der Waals surface area contributed by atoms with Crippen LogP contribution in [0.15, 0.2) is 47.5 Å². The highest BCUT2D eigenvalue weighted by atomic mass is 32.1. The van der Waals surface area contributed by atoms with Crippen molar-refractivity contribution in [1.29, 1.82) is 0 Å². The Balaban J connectivity index is 1.47. The Hall–Kier alpha value is -2.73. The van der Waals surface area contributed by atoms with E-state index in [-0.39, 0.29) is 5.92 Å². The van der Waals surface area contributed by atoms with Gasteiger partial charge in [-0.25, -0.2) is 4.99 Å². The van der Waals surface area contributed by atoms with Gasteiger partial charge in [0.05, 0.1) is 12.0 Å². The lowest BCUT2D eigenvalue weighted by atomic mass is 10.0. The maximum atomic E-state index is 6.09. The molecule has 4 rings (SSSR count). The number of benzene rings is 2. The largest absolute Gasteiger partial charge is 0.430 e. The van der Waals surface area contributed by atoms with Gasteiger partial charge in [-0.15, -0.1) is 0 Å². The molecule has 3 aromatic rings. The molecule has 0 N–H and O–H groups in total. The molecule has 30 heavy (non-hydrogen) atoms. The van der Waals surface area contributed by atoms with Crippen LogP contribution < -0.4 is 4.74 Å². The van der Waals surface area contributed by atoms with Gasteiger partial charge in [-0.05, 0) is 61.9 Å². The Bertz CT molecular complexity index is 1010. The highest BCUT2D eigenvalue weighted by Crippen LogP contribution is 2.33. The average Bonchev–Trinajstić information content (AvgIpc) is 3.24. The van der Waals surface area contributed by atoms with Crippen molar-refractivity contribution in [3.05, 3.63) is 65.0 Å². The van der Waals surface area contributed by atoms with Gasteiger partial charge in [-0.3, -0.25) is 0 Å². The van der Waals surface area contributed by atoms with Crippen LogP contribution >= 0.6 is 11.5 Å². The number of aliphatic imine (C=N–C) groups is 1. The summed E-state index contributed by atoms with van der Waals surface area (Å²) in [5, 5.41) is 0.569. The predicted octanol–water partition coefficient (Wildman–Crippen LogP) is 6.24. The number of aromatic nitrogens is 2. The summed E-state index contributed by atoms with van der Waals surface area (Å²) in [5.41, 5.74) is 4.32. The van der Waals surface area contributed by atoms with Crippen LogP contribution in [0, 0.1) is 13.8 Å². The van der Waals surface area contributed by atoms with Gasteiger partial charge < -0.3 is 9.64 Å². The third kappa shape index (κ3) is 4.87. The molecule has 0 spiro atoms. The van der Waals surface area contributed by atoms with Gasteiger partial charge in [0.25, 0.3) is 5.19 Å². The molecule has 156 valence electrons. The smallest absolute Gasteiger partial charge is 0.298 e. The molecule has 1 atom stereocenters. The summed E-state index contributed by atoms with van der Waals surface area (Å²) in [4.78, 5) is 11.6. The Morgan fingerprint density at radius 2 is 1.83 bits per heavy atom. The average molecular weight is 421 g/mol. The summed E-state index contributed by atoms with van der Waals surface area (Å²) >= 11 is 1.30. The number of ether oxygens (including phenoxy) is 1. The number of likely N-dealkylation sites (tertiary alicyclic amines) is 1. The lowest BCUT2D eigenvalue weighted by Crippen LogP contribution is -2.28. The van der Waals surface area contributed by atoms with Crippen LogP contribution in [0.3, 0.4) is 0 Å². The first kappa shape index (κ1) is 20.5. The van der Waals surface area contributed by atoms with Crippen molar-refractivity contribution in [2.45, 2.75) is 46.0 Å². The maximum absolute atomic E-state index is 6.09. The van der Waals surface area contributed by atoms with Crippen LogP contribution in [0.2, 0.25) is 0 Å². The van der Waals surface area contributed by atoms with E-state index in [1.165, 1.54) is 36.4 Å². The molecule has 0 radical (unpaired) electrons. The van der Waals surface area contributed by atoms with Gasteiger partial charge in [-0.2, -0.15) is 9.36 Å². The van der Waals surface area contributed by atoms with E-state index >= 15 is 0 Å². The van der Waals surface area contributed by atoms with Crippen LogP contribution in [-0.4, -0.2) is 33.7 Å². The summed E-state index contributed by atoms with van der Waals surface area (Å²) in [6, 6.07) is 14.4. The molecular formula is C24H28N4OS. The van der Waals surface area contributed by atoms with E-state index in [0.717, 1.165) is 41.5 Å². The predicted molar refractivity (Wildman–Crippen MR) is 123 cm³/mol. The minimum atomic E-state index is 0.133. The number of piperidine rings is 1. The second-order valence-electron chi connectivity index (χ2n) is 7.90. The summed E-state index contributed by atoms with van der Waals surface area (Å²) in [6.07, 6.45) is 5.82. The molecule has 1 aromatic heterocycles. The van der Waals surface area contributed by atoms with Gasteiger partial charge >= 0.3 is 0 Å². The zero-order valence-electron chi connectivity index (χ0n) is 17.8. The number of rotatable bonds is 6. The van der Waals surface area contributed by atoms with E-state index in [9.17, 15) is 0 Å². The van der Waals surface area contributed by atoms with E-state index in [1.807, 2.05) is 37.5 Å². The highest BCUT2D eigenvalue weighted by molar-refractivity contribution is 7.07. The van der Waals surface area contributed by atoms with Gasteiger partial charge in [0.15, 0.2) is 5.82 Å². The van der Waals surface area contributed by atoms with E-state index < -0.39 is 0 Å². The maximum Gasteiger partial charge on any atom is 0.298 e. The normalized spacial score (nSPS) is 15.5. The topological polar surface area (TPSA) is 50.6 Å². The molecule has 0 bridgehead atoms. The molecule has 1 saturated heterocycles. The molecule has 2 heterocycles. The third-order valence-corrected chi connectivity index (χ3v) is 6.16. The van der Waals surface area contributed by atoms with Crippen molar-refractivity contribution in [3.63, 3.8) is 0 Å². The Morgan fingerprint density at radius 3 is 2.60 bits per heavy atom. The fourth-order valence-corrected chi connectivity index (χ4v) is 4.26. The minimum absolute atomic E-state index is 0.133. The van der Waals surface area contributed by atoms with Crippen molar-refractivity contribution in [2.75, 3.05) is 13.1 Å². The van der Waals surface area contributed by atoms with Gasteiger partial charge in [-0.1, -0.05) is 37.3 Å². The number of nitrogens with zero attached hydrogens (tertiary/aromatic N) is 4. The van der Waals surface area contributed by atoms with Crippen LogP contribution in [0.5, 0.6) is 10.9 Å². The molecule has 6 heteroatoms. The standard InChI is InChI=1S/C24H28N4OS/c1-17-15-22(18(2)14-21(17)25-16-28-12-8-5-9-13-28)29-24-26-23(27-30-24)19(3)20-10-6-4-7-11-20/h4,6-7,10-11,14-16,19H,5,8-9,12-13H2,1-3H3. The van der Waals surface area contributed by atoms with Gasteiger partial charge in [0, 0.05) is 30.5 Å². The molecule has 2 aromatic carbocycles. The molecule has 1 fully saturated rings. The van der Waals surface area contributed by atoms with E-state index in [1.54, 1.807) is 0 Å². The molecule has 1 aliphatic heterocycles. The van der Waals surface area contributed by atoms with Crippen LogP contribution in [0.1, 0.15) is 54.6 Å². The second-order valence-corrected chi connectivity index (χ2v) is 8.61. The SMILES string of the molecule is Cc1cc(Oc2nc(C(C)c3ccccc3)ns2)c(C)cc1N=CN1CCCCC1. The zero-order valence-corrected chi connectivity index (χ0v) is 18.7. The fraction of sp³-hybridized carbons (Fsp3) is 0.375. The molecule has 0 amide bonds. The molecule has 1 aliphatic rings. The van der Waals surface area contributed by atoms with E-state index in [2.05, 4.69) is 46.3 Å². The zero-order chi connectivity index (χ0) is 20.9. The number of hydrogen-bond donors (Lipinski definition) is 0. The van der Waals surface area contributed by atoms with Gasteiger partial charge in [0.1, 0.15) is 5.75 Å². The van der Waals surface area contributed by atoms with Crippen LogP contribution in [0.25, 0.3) is 0 Å². The van der Waals surface area contributed by atoms with Crippen molar-refractivity contribution < 1.29 is 4.74 Å². The quantitative estimate of drug-likeness (QED) is 0.350. The molecule has 0 aliphatic carbocycles. The van der Waals surface area contributed by atoms with Crippen molar-refractivity contribution in [2.24, 2.45) is 4.99 Å². The highest BCUT2D eigenvalue weighted by Gasteiger charge is 2.16. The summed E-state index contributed by atoms with van der Waals surface area (Å²) in [6.45, 7) is 8.43. The Morgan fingerprint density at radius 1 is 1.07 bits per heavy atom. The Kier molecular flexibility index (Phi) is 6.43. The number of hydrogen-bond acceptors (Lipinski definition) is 5. The molecule has 0 saturated carbocycles. The van der Waals surface area contributed by atoms with Crippen LogP contribution in [0.4, 0.5) is 5.69 Å². The minimum Gasteiger partial charge on any atom is -0.430 e. The first-order chi connectivity index (χ1) is 14.6. The lowest BCUT2D eigenvalue weighted by Gasteiger charge is -2.23. The summed E-state index contributed by atoms with van der Waals surface area (Å²) in [5.74, 6) is 1.73. The van der Waals surface area contributed by atoms with Crippen molar-refractivity contribution in [3.8, 4) is 10.9 Å². The van der Waals surface area contributed by atoms with Gasteiger partial charge in [0.2, 0.25) is 0 Å². The van der Waals surface area contributed by atoms with Crippen molar-refractivity contribution >= 4 is 23.6 Å². The fourth-order valence-electron chi connectivity index (χ4n) is 3.62. The Labute approximate surface area is 182 Å². The molecular weight excluding hydrogens is 392 g/mol. The third-order valence-electron chi connectivity index (χ3n) is 5.55.